The van der Waals surface area contributed by atoms with E-state index in [1.54, 1.807) is 25.3 Å². The largest absolute Gasteiger partial charge is 0.489 e. The number of aryl methyl sites for hydroxylation is 1. The summed E-state index contributed by atoms with van der Waals surface area (Å²) in [6.07, 6.45) is 2.26. The lowest BCUT2D eigenvalue weighted by molar-refractivity contribution is -0.123. The van der Waals surface area contributed by atoms with Crippen LogP contribution in [0.3, 0.4) is 0 Å². The van der Waals surface area contributed by atoms with Crippen molar-refractivity contribution >= 4 is 40.1 Å². The minimum Gasteiger partial charge on any atom is -0.489 e. The maximum absolute atomic E-state index is 14.0. The summed E-state index contributed by atoms with van der Waals surface area (Å²) in [5.74, 6) is -1.74. The number of nitrogens with zero attached hydrogens (tertiary/aromatic N) is 2. The number of ketones is 1. The highest BCUT2D eigenvalue weighted by Crippen LogP contribution is 2.46. The van der Waals surface area contributed by atoms with Gasteiger partial charge in [0, 0.05) is 34.7 Å². The molecule has 2 atom stereocenters. The van der Waals surface area contributed by atoms with Crippen LogP contribution >= 0.6 is 11.6 Å². The number of aliphatic hydroxyl groups is 1. The van der Waals surface area contributed by atoms with Crippen LogP contribution in [0.15, 0.2) is 48.7 Å². The van der Waals surface area contributed by atoms with Crippen LogP contribution in [0.2, 0.25) is 5.02 Å². The average molecular weight is 635 g/mol. The minimum absolute atomic E-state index is 0.0535. The van der Waals surface area contributed by atoms with Gasteiger partial charge in [-0.2, -0.15) is 0 Å². The van der Waals surface area contributed by atoms with Gasteiger partial charge in [0.25, 0.3) is 5.91 Å². The second-order valence-electron chi connectivity index (χ2n) is 11.5. The number of carbonyl (C=O) groups is 3. The van der Waals surface area contributed by atoms with Crippen LogP contribution in [0.5, 0.6) is 11.5 Å². The first-order valence-corrected chi connectivity index (χ1v) is 14.6. The first-order valence-electron chi connectivity index (χ1n) is 14.3. The molecule has 1 aliphatic rings. The molecule has 0 fully saturated rings. The molecule has 1 aliphatic heterocycles. The molecule has 10 nitrogen and oxygen atoms in total. The van der Waals surface area contributed by atoms with E-state index in [2.05, 4.69) is 9.97 Å². The third kappa shape index (κ3) is 6.18. The number of hydrogen-bond acceptors (Lipinski definition) is 8. The smallest absolute Gasteiger partial charge is 0.255 e. The van der Waals surface area contributed by atoms with E-state index >= 15 is 0 Å². The van der Waals surface area contributed by atoms with Gasteiger partial charge < -0.3 is 26.0 Å². The molecule has 12 heteroatoms. The van der Waals surface area contributed by atoms with Crippen LogP contribution < -0.4 is 20.9 Å². The van der Waals surface area contributed by atoms with Gasteiger partial charge in [-0.25, -0.2) is 9.37 Å². The van der Waals surface area contributed by atoms with Crippen molar-refractivity contribution in [3.63, 3.8) is 0 Å². The van der Waals surface area contributed by atoms with Crippen molar-refractivity contribution < 1.29 is 33.4 Å². The summed E-state index contributed by atoms with van der Waals surface area (Å²) in [4.78, 5) is 46.5. The normalized spacial score (nSPS) is 16.9. The standard InChI is InChI=1S/C33H32ClFN4O6/c1-4-17-9-20-10-19(12-25(28(20)38-14-17)44-15-27(36)41)24(40)7-8-33(3,43)26-13-21-30(45-16-32(21,2)31(37)42)29(39-26)18-5-6-23(35)22(34)11-18/h5-6,9-14,43H,4,7-8,15-16H2,1-3H3,(H2,36,41)(H2,37,42)/t32-,33-/m0/s1. The fourth-order valence-corrected chi connectivity index (χ4v) is 5.39. The number of fused-ring (bicyclic) bond motifs is 2. The number of primary amides is 2. The second-order valence-corrected chi connectivity index (χ2v) is 11.9. The number of ether oxygens (including phenoxy) is 2. The van der Waals surface area contributed by atoms with Gasteiger partial charge in [-0.05, 0) is 74.7 Å². The molecular weight excluding hydrogens is 603 g/mol. The van der Waals surface area contributed by atoms with Crippen molar-refractivity contribution in [2.24, 2.45) is 11.5 Å². The predicted molar refractivity (Wildman–Crippen MR) is 166 cm³/mol. The summed E-state index contributed by atoms with van der Waals surface area (Å²) in [6.45, 7) is 4.67. The van der Waals surface area contributed by atoms with E-state index in [0.717, 1.165) is 12.0 Å². The maximum atomic E-state index is 14.0. The molecule has 0 saturated carbocycles. The number of amides is 2. The maximum Gasteiger partial charge on any atom is 0.255 e. The quantitative estimate of drug-likeness (QED) is 0.202. The topological polar surface area (TPSA) is 168 Å². The van der Waals surface area contributed by atoms with E-state index in [0.29, 0.717) is 27.6 Å². The van der Waals surface area contributed by atoms with E-state index in [-0.39, 0.29) is 53.1 Å². The number of benzene rings is 2. The Labute approximate surface area is 263 Å². The summed E-state index contributed by atoms with van der Waals surface area (Å²) in [7, 11) is 0. The van der Waals surface area contributed by atoms with E-state index in [1.165, 1.54) is 31.2 Å². The third-order valence-corrected chi connectivity index (χ3v) is 8.39. The number of nitrogens with two attached hydrogens (primary N) is 2. The lowest BCUT2D eigenvalue weighted by Gasteiger charge is -2.26. The fraction of sp³-hybridized carbons (Fsp3) is 0.303. The number of rotatable bonds is 11. The van der Waals surface area contributed by atoms with Crippen molar-refractivity contribution in [3.05, 3.63) is 81.9 Å². The van der Waals surface area contributed by atoms with Gasteiger partial charge >= 0.3 is 0 Å². The SMILES string of the molecule is CCc1cnc2c(OCC(N)=O)cc(C(=O)CC[C@](C)(O)c3cc4c(c(-c5ccc(F)c(Cl)c5)n3)OC[C@]4(C)C(N)=O)cc2c1. The minimum atomic E-state index is -1.66. The highest BCUT2D eigenvalue weighted by Gasteiger charge is 2.45. The molecule has 0 aliphatic carbocycles. The van der Waals surface area contributed by atoms with E-state index in [1.807, 2.05) is 13.0 Å². The Morgan fingerprint density at radius 3 is 2.60 bits per heavy atom. The Morgan fingerprint density at radius 2 is 1.93 bits per heavy atom. The van der Waals surface area contributed by atoms with Crippen LogP contribution in [0.25, 0.3) is 22.2 Å². The zero-order chi connectivity index (χ0) is 32.7. The Balaban J connectivity index is 1.50. The highest BCUT2D eigenvalue weighted by molar-refractivity contribution is 6.31. The molecular formula is C33H32ClFN4O6. The molecule has 0 bridgehead atoms. The monoisotopic (exact) mass is 634 g/mol. The molecule has 5 N–H and O–H groups in total. The zero-order valence-electron chi connectivity index (χ0n) is 24.9. The third-order valence-electron chi connectivity index (χ3n) is 8.11. The summed E-state index contributed by atoms with van der Waals surface area (Å²) in [5.41, 5.74) is 11.1. The molecule has 5 rings (SSSR count). The molecule has 2 aromatic carbocycles. The molecule has 0 spiro atoms. The number of hydrogen-bond donors (Lipinski definition) is 3. The molecule has 3 heterocycles. The number of Topliss-reactive ketones (excluding diaryl/α,β-unsaturated/α-hetero) is 1. The van der Waals surface area contributed by atoms with E-state index < -0.39 is 35.3 Å². The zero-order valence-corrected chi connectivity index (χ0v) is 25.7. The Bertz CT molecular complexity index is 1860. The molecule has 0 unspecified atom stereocenters. The Hall–Kier alpha value is -4.61. The van der Waals surface area contributed by atoms with Gasteiger partial charge in [0.05, 0.1) is 10.7 Å². The first kappa shape index (κ1) is 31.8. The van der Waals surface area contributed by atoms with Crippen molar-refractivity contribution in [2.75, 3.05) is 13.2 Å². The molecule has 234 valence electrons. The second kappa shape index (κ2) is 12.1. The Kier molecular flexibility index (Phi) is 8.52. The number of halogens is 2. The van der Waals surface area contributed by atoms with Crippen LogP contribution in [-0.4, -0.2) is 45.9 Å². The molecule has 2 aromatic heterocycles. The van der Waals surface area contributed by atoms with Gasteiger partial charge in [-0.15, -0.1) is 0 Å². The van der Waals surface area contributed by atoms with Gasteiger partial charge in [-0.1, -0.05) is 18.5 Å². The van der Waals surface area contributed by atoms with E-state index in [4.69, 9.17) is 32.5 Å². The number of carbonyl (C=O) groups excluding carboxylic acids is 3. The molecule has 45 heavy (non-hydrogen) atoms. The lowest BCUT2D eigenvalue weighted by Crippen LogP contribution is -2.40. The van der Waals surface area contributed by atoms with Crippen molar-refractivity contribution in [1.82, 2.24) is 9.97 Å². The molecule has 0 radical (unpaired) electrons. The van der Waals surface area contributed by atoms with Crippen molar-refractivity contribution in [1.29, 1.82) is 0 Å². The summed E-state index contributed by atoms with van der Waals surface area (Å²) >= 11 is 6.05. The first-order chi connectivity index (χ1) is 21.2. The van der Waals surface area contributed by atoms with Crippen LogP contribution in [-0.2, 0) is 27.0 Å². The lowest BCUT2D eigenvalue weighted by atomic mass is 9.81. The van der Waals surface area contributed by atoms with Crippen molar-refractivity contribution in [2.45, 2.75) is 51.0 Å². The van der Waals surface area contributed by atoms with Crippen LogP contribution in [0, 0.1) is 5.82 Å². The predicted octanol–water partition coefficient (Wildman–Crippen LogP) is 4.52. The number of aromatic nitrogens is 2. The van der Waals surface area contributed by atoms with Crippen LogP contribution in [0.4, 0.5) is 4.39 Å². The van der Waals surface area contributed by atoms with Gasteiger partial charge in [0.15, 0.2) is 12.4 Å². The fourth-order valence-electron chi connectivity index (χ4n) is 5.21. The summed E-state index contributed by atoms with van der Waals surface area (Å²) < 4.78 is 25.4. The van der Waals surface area contributed by atoms with Gasteiger partial charge in [-0.3, -0.25) is 19.4 Å². The highest BCUT2D eigenvalue weighted by atomic mass is 35.5. The summed E-state index contributed by atoms with van der Waals surface area (Å²) in [5, 5.41) is 12.2. The Morgan fingerprint density at radius 1 is 1.18 bits per heavy atom. The van der Waals surface area contributed by atoms with Crippen LogP contribution in [0.1, 0.15) is 60.8 Å². The number of pyridine rings is 2. The molecule has 2 amide bonds. The van der Waals surface area contributed by atoms with Gasteiger partial charge in [0.1, 0.15) is 46.1 Å². The molecule has 0 saturated heterocycles. The molecule has 4 aromatic rings. The van der Waals surface area contributed by atoms with Crippen molar-refractivity contribution in [3.8, 4) is 22.8 Å². The van der Waals surface area contributed by atoms with Gasteiger partial charge in [0.2, 0.25) is 5.91 Å². The van der Waals surface area contributed by atoms with E-state index in [9.17, 15) is 23.9 Å². The average Bonchev–Trinajstić information content (AvgIpc) is 3.36. The summed E-state index contributed by atoms with van der Waals surface area (Å²) in [6, 6.07) is 10.7.